The van der Waals surface area contributed by atoms with E-state index in [1.165, 1.54) is 48.2 Å². The first-order valence-corrected chi connectivity index (χ1v) is 24.1. The monoisotopic (exact) mass is 953 g/mol. The predicted octanol–water partition coefficient (Wildman–Crippen LogP) is 6.02. The van der Waals surface area contributed by atoms with E-state index < -0.39 is 84.3 Å². The molecular formula is C52H80N4O12. The molecule has 2 N–H and O–H groups in total. The summed E-state index contributed by atoms with van der Waals surface area (Å²) in [5.41, 5.74) is 1.20. The van der Waals surface area contributed by atoms with Gasteiger partial charge in [0.2, 0.25) is 0 Å². The molecule has 380 valence electrons. The summed E-state index contributed by atoms with van der Waals surface area (Å²) in [5.74, 6) is -4.07. The molecule has 1 fully saturated rings. The van der Waals surface area contributed by atoms with E-state index >= 15 is 0 Å². The maximum Gasteiger partial charge on any atom is 0.329 e. The molecular weight excluding hydrogens is 873 g/mol. The van der Waals surface area contributed by atoms with Crippen molar-refractivity contribution >= 4 is 35.7 Å². The second kappa shape index (κ2) is 26.5. The van der Waals surface area contributed by atoms with E-state index in [2.05, 4.69) is 0 Å². The summed E-state index contributed by atoms with van der Waals surface area (Å²) in [4.78, 5) is 92.6. The third kappa shape index (κ3) is 17.7. The lowest BCUT2D eigenvalue weighted by Crippen LogP contribution is -2.53. The Morgan fingerprint density at radius 2 is 0.721 bits per heavy atom. The quantitative estimate of drug-likeness (QED) is 0.185. The number of phenols is 2. The predicted molar refractivity (Wildman–Crippen MR) is 258 cm³/mol. The maximum absolute atomic E-state index is 14.7. The van der Waals surface area contributed by atoms with Crippen molar-refractivity contribution in [2.45, 2.75) is 156 Å². The smallest absolute Gasteiger partial charge is 0.329 e. The van der Waals surface area contributed by atoms with E-state index in [1.807, 2.05) is 55.4 Å². The average molecular weight is 953 g/mol. The Morgan fingerprint density at radius 3 is 1.00 bits per heavy atom. The second-order valence-electron chi connectivity index (χ2n) is 20.4. The molecule has 1 unspecified atom stereocenters. The molecule has 1 aliphatic heterocycles. The molecule has 0 bridgehead atoms. The fourth-order valence-corrected chi connectivity index (χ4v) is 8.47. The van der Waals surface area contributed by atoms with Crippen LogP contribution in [0.2, 0.25) is 0 Å². The van der Waals surface area contributed by atoms with Crippen LogP contribution < -0.4 is 0 Å². The number of hydrogen-bond donors (Lipinski definition) is 2. The Labute approximate surface area is 404 Å². The third-order valence-corrected chi connectivity index (χ3v) is 12.1. The number of hydrogen-bond acceptors (Lipinski definition) is 14. The van der Waals surface area contributed by atoms with Crippen LogP contribution in [0.5, 0.6) is 11.5 Å². The first kappa shape index (κ1) is 57.1. The van der Waals surface area contributed by atoms with Crippen LogP contribution >= 0.6 is 0 Å². The number of cyclic esters (lactones) is 4. The SMILES string of the molecule is CC(C)CC1C(=O)O[C@H](Cc2ccc(O)cc2)C(=O)N(C)[C@@H](CC(C)C)C(=O)O[C@H](C)CN(C)[C@@H](CC(C)C)C(=O)O[C@H](Cc2ccc(O)cc2)C(=O)N(C)[C@@H](CC(C)C)C(=O)O[C@H](C)CN1C. The van der Waals surface area contributed by atoms with Gasteiger partial charge < -0.3 is 39.0 Å². The lowest BCUT2D eigenvalue weighted by atomic mass is 10.00. The van der Waals surface area contributed by atoms with E-state index in [0.29, 0.717) is 24.0 Å². The van der Waals surface area contributed by atoms with Gasteiger partial charge >= 0.3 is 23.9 Å². The first-order chi connectivity index (χ1) is 31.8. The van der Waals surface area contributed by atoms with E-state index in [4.69, 9.17) is 18.9 Å². The minimum Gasteiger partial charge on any atom is -0.508 e. The van der Waals surface area contributed by atoms with Gasteiger partial charge in [-0.15, -0.1) is 0 Å². The summed E-state index contributed by atoms with van der Waals surface area (Å²) < 4.78 is 24.4. The Balaban J connectivity index is 2.19. The molecule has 16 nitrogen and oxygen atoms in total. The maximum atomic E-state index is 14.7. The van der Waals surface area contributed by atoms with Gasteiger partial charge in [0.25, 0.3) is 11.8 Å². The summed E-state index contributed by atoms with van der Waals surface area (Å²) in [7, 11) is 6.37. The number of benzene rings is 2. The molecule has 68 heavy (non-hydrogen) atoms. The Hall–Kier alpha value is -5.22. The van der Waals surface area contributed by atoms with Crippen molar-refractivity contribution in [3.63, 3.8) is 0 Å². The fourth-order valence-electron chi connectivity index (χ4n) is 8.47. The van der Waals surface area contributed by atoms with Gasteiger partial charge in [0.05, 0.1) is 0 Å². The number of esters is 4. The van der Waals surface area contributed by atoms with Gasteiger partial charge in [-0.3, -0.25) is 29.0 Å². The van der Waals surface area contributed by atoms with Crippen molar-refractivity contribution in [2.24, 2.45) is 23.7 Å². The summed E-state index contributed by atoms with van der Waals surface area (Å²) in [6.07, 6.45) is -3.34. The van der Waals surface area contributed by atoms with Crippen LogP contribution in [0.3, 0.4) is 0 Å². The molecule has 1 aliphatic rings. The molecule has 2 aromatic carbocycles. The van der Waals surface area contributed by atoms with Crippen molar-refractivity contribution in [1.82, 2.24) is 19.6 Å². The van der Waals surface area contributed by atoms with Crippen molar-refractivity contribution in [3.05, 3.63) is 59.7 Å². The van der Waals surface area contributed by atoms with Gasteiger partial charge in [-0.2, -0.15) is 0 Å². The number of carbonyl (C=O) groups is 6. The number of amides is 2. The number of ether oxygens (including phenoxy) is 4. The zero-order valence-corrected chi connectivity index (χ0v) is 43.0. The molecule has 0 radical (unpaired) electrons. The second-order valence-corrected chi connectivity index (χ2v) is 20.4. The molecule has 2 amide bonds. The van der Waals surface area contributed by atoms with Crippen molar-refractivity contribution < 1.29 is 57.9 Å². The van der Waals surface area contributed by atoms with E-state index in [1.54, 1.807) is 62.0 Å². The Bertz CT molecular complexity index is 1820. The highest BCUT2D eigenvalue weighted by atomic mass is 16.6. The van der Waals surface area contributed by atoms with Crippen molar-refractivity contribution in [1.29, 1.82) is 0 Å². The van der Waals surface area contributed by atoms with Crippen molar-refractivity contribution in [2.75, 3.05) is 41.3 Å². The summed E-state index contributed by atoms with van der Waals surface area (Å²) in [5, 5.41) is 20.0. The first-order valence-electron chi connectivity index (χ1n) is 24.1. The lowest BCUT2D eigenvalue weighted by molar-refractivity contribution is -0.171. The molecule has 8 atom stereocenters. The number of aromatic hydroxyl groups is 2. The standard InChI is InChI=1S/C52H80N4O12/c1-31(2)23-41-49(61)67-45(27-37-15-19-39(57)20-16-37)47(59)55(13)44(26-34(7)8)52(64)66-36(10)30-54(12)42(24-32(3)4)50(62)68-46(28-38-17-21-40(58)22-18-38)48(60)56(14)43(25-33(5)6)51(63)65-35(9)29-53(41)11/h15-22,31-36,41-46,57-58H,23-30H2,1-14H3/t35-,36-,41+,42?,43+,44+,45-,46-/m1/s1. The highest BCUT2D eigenvalue weighted by Gasteiger charge is 2.40. The van der Waals surface area contributed by atoms with Gasteiger partial charge in [0, 0.05) is 40.0 Å². The average Bonchev–Trinajstić information content (AvgIpc) is 3.24. The Kier molecular flexibility index (Phi) is 22.3. The van der Waals surface area contributed by atoms with E-state index in [-0.39, 0.29) is 73.9 Å². The normalized spacial score (nSPS) is 25.7. The van der Waals surface area contributed by atoms with Gasteiger partial charge in [-0.25, -0.2) is 9.59 Å². The zero-order chi connectivity index (χ0) is 51.2. The fraction of sp³-hybridized carbons (Fsp3) is 0.654. The van der Waals surface area contributed by atoms with Crippen LogP contribution in [0.25, 0.3) is 0 Å². The summed E-state index contributed by atoms with van der Waals surface area (Å²) in [6, 6.07) is 8.48. The van der Waals surface area contributed by atoms with Crippen LogP contribution in [0, 0.1) is 23.7 Å². The van der Waals surface area contributed by atoms with Crippen LogP contribution in [-0.2, 0) is 60.6 Å². The van der Waals surface area contributed by atoms with Gasteiger partial charge in [0.1, 0.15) is 47.9 Å². The summed E-state index contributed by atoms with van der Waals surface area (Å²) >= 11 is 0. The van der Waals surface area contributed by atoms with Crippen LogP contribution in [-0.4, -0.2) is 155 Å². The topological polar surface area (TPSA) is 193 Å². The largest absolute Gasteiger partial charge is 0.508 e. The van der Waals surface area contributed by atoms with Gasteiger partial charge in [0.15, 0.2) is 12.2 Å². The molecule has 0 saturated carbocycles. The highest BCUT2D eigenvalue weighted by molar-refractivity contribution is 5.90. The molecule has 0 aromatic heterocycles. The van der Waals surface area contributed by atoms with Gasteiger partial charge in [-0.05, 0) is 113 Å². The molecule has 16 heteroatoms. The number of phenolic OH excluding ortho intramolecular Hbond substituents is 2. The molecule has 3 rings (SSSR count). The number of rotatable bonds is 12. The summed E-state index contributed by atoms with van der Waals surface area (Å²) in [6.45, 7) is 19.0. The zero-order valence-electron chi connectivity index (χ0n) is 43.0. The minimum absolute atomic E-state index is 0.000734. The molecule has 0 spiro atoms. The van der Waals surface area contributed by atoms with E-state index in [0.717, 1.165) is 0 Å². The third-order valence-electron chi connectivity index (χ3n) is 12.1. The Morgan fingerprint density at radius 1 is 0.456 bits per heavy atom. The van der Waals surface area contributed by atoms with Crippen LogP contribution in [0.1, 0.15) is 106 Å². The van der Waals surface area contributed by atoms with Crippen LogP contribution in [0.15, 0.2) is 48.5 Å². The van der Waals surface area contributed by atoms with E-state index in [9.17, 15) is 39.0 Å². The van der Waals surface area contributed by atoms with Crippen LogP contribution in [0.4, 0.5) is 0 Å². The number of carbonyl (C=O) groups excluding carboxylic acids is 6. The molecule has 0 aliphatic carbocycles. The molecule has 1 saturated heterocycles. The highest BCUT2D eigenvalue weighted by Crippen LogP contribution is 2.24. The lowest BCUT2D eigenvalue weighted by Gasteiger charge is -2.35. The number of nitrogens with zero attached hydrogens (tertiary/aromatic N) is 4. The molecule has 2 aromatic rings. The number of likely N-dealkylation sites (N-methyl/N-ethyl adjacent to an activating group) is 4. The molecule has 1 heterocycles. The minimum atomic E-state index is -1.38. The van der Waals surface area contributed by atoms with Gasteiger partial charge in [-0.1, -0.05) is 79.7 Å². The van der Waals surface area contributed by atoms with Crippen molar-refractivity contribution in [3.8, 4) is 11.5 Å².